The van der Waals surface area contributed by atoms with Gasteiger partial charge in [-0.1, -0.05) is 5.16 Å². The van der Waals surface area contributed by atoms with E-state index in [1.165, 1.54) is 0 Å². The van der Waals surface area contributed by atoms with Gasteiger partial charge in [0.05, 0.1) is 6.61 Å². The second-order valence-electron chi connectivity index (χ2n) is 5.65. The summed E-state index contributed by atoms with van der Waals surface area (Å²) in [4.78, 5) is 16.3. The molecular weight excluding hydrogens is 308 g/mol. The zero-order chi connectivity index (χ0) is 16.9. The Labute approximate surface area is 141 Å². The number of aryl methyl sites for hydroxylation is 1. The van der Waals surface area contributed by atoms with Crippen molar-refractivity contribution in [3.05, 3.63) is 36.1 Å². The second kappa shape index (κ2) is 7.25. The van der Waals surface area contributed by atoms with Crippen LogP contribution in [0.1, 0.15) is 12.7 Å². The molecule has 1 aliphatic heterocycles. The standard InChI is InChI=1S/C17H22N4O3/c1-3-23-15-6-4-14(5-7-15)20-8-10-21(11-9-20)17(22)18-16-12-13(2)24-19-16/h4-7,12H,3,8-11H2,1-2H3,(H,18,19,22). The molecule has 0 radical (unpaired) electrons. The minimum absolute atomic E-state index is 0.144. The highest BCUT2D eigenvalue weighted by Crippen LogP contribution is 2.21. The number of anilines is 2. The van der Waals surface area contributed by atoms with E-state index in [2.05, 4.69) is 27.5 Å². The van der Waals surface area contributed by atoms with Gasteiger partial charge in [0, 0.05) is 37.9 Å². The number of carbonyl (C=O) groups excluding carboxylic acids is 1. The summed E-state index contributed by atoms with van der Waals surface area (Å²) in [6.45, 7) is 7.33. The topological polar surface area (TPSA) is 70.8 Å². The van der Waals surface area contributed by atoms with Crippen LogP contribution < -0.4 is 15.0 Å². The number of nitrogens with one attached hydrogen (secondary N) is 1. The van der Waals surface area contributed by atoms with E-state index in [1.807, 2.05) is 19.1 Å². The van der Waals surface area contributed by atoms with E-state index >= 15 is 0 Å². The number of urea groups is 1. The van der Waals surface area contributed by atoms with Gasteiger partial charge in [-0.25, -0.2) is 4.79 Å². The summed E-state index contributed by atoms with van der Waals surface area (Å²) in [5.41, 5.74) is 1.14. The third kappa shape index (κ3) is 3.79. The summed E-state index contributed by atoms with van der Waals surface area (Å²) in [5, 5.41) is 6.54. The molecule has 2 heterocycles. The van der Waals surface area contributed by atoms with Crippen molar-refractivity contribution < 1.29 is 14.1 Å². The van der Waals surface area contributed by atoms with E-state index in [-0.39, 0.29) is 6.03 Å². The summed E-state index contributed by atoms with van der Waals surface area (Å²) >= 11 is 0. The molecule has 7 nitrogen and oxygen atoms in total. The highest BCUT2D eigenvalue weighted by molar-refractivity contribution is 5.88. The van der Waals surface area contributed by atoms with Gasteiger partial charge in [0.25, 0.3) is 0 Å². The maximum absolute atomic E-state index is 12.2. The van der Waals surface area contributed by atoms with Crippen LogP contribution in [0.4, 0.5) is 16.3 Å². The van der Waals surface area contributed by atoms with E-state index in [0.717, 1.165) is 24.5 Å². The minimum Gasteiger partial charge on any atom is -0.494 e. The van der Waals surface area contributed by atoms with Gasteiger partial charge >= 0.3 is 6.03 Å². The third-order valence-corrected chi connectivity index (χ3v) is 3.94. The van der Waals surface area contributed by atoms with Crippen LogP contribution in [-0.4, -0.2) is 48.9 Å². The van der Waals surface area contributed by atoms with Crippen molar-refractivity contribution in [2.45, 2.75) is 13.8 Å². The fourth-order valence-corrected chi connectivity index (χ4v) is 2.70. The molecule has 2 aromatic rings. The number of nitrogens with zero attached hydrogens (tertiary/aromatic N) is 3. The average Bonchev–Trinajstić information content (AvgIpc) is 3.01. The van der Waals surface area contributed by atoms with E-state index in [4.69, 9.17) is 9.26 Å². The smallest absolute Gasteiger partial charge is 0.323 e. The van der Waals surface area contributed by atoms with Crippen LogP contribution in [0.5, 0.6) is 5.75 Å². The lowest BCUT2D eigenvalue weighted by atomic mass is 10.2. The molecule has 24 heavy (non-hydrogen) atoms. The fourth-order valence-electron chi connectivity index (χ4n) is 2.70. The van der Waals surface area contributed by atoms with Crippen molar-refractivity contribution in [3.8, 4) is 5.75 Å². The lowest BCUT2D eigenvalue weighted by Gasteiger charge is -2.35. The molecule has 1 aromatic heterocycles. The van der Waals surface area contributed by atoms with Crippen LogP contribution in [0.25, 0.3) is 0 Å². The number of ether oxygens (including phenoxy) is 1. The van der Waals surface area contributed by atoms with E-state index in [9.17, 15) is 4.79 Å². The van der Waals surface area contributed by atoms with Crippen molar-refractivity contribution >= 4 is 17.5 Å². The molecule has 0 saturated carbocycles. The maximum atomic E-state index is 12.2. The van der Waals surface area contributed by atoms with Crippen molar-refractivity contribution in [1.82, 2.24) is 10.1 Å². The summed E-state index contributed by atoms with van der Waals surface area (Å²) in [5.74, 6) is 2.00. The number of rotatable bonds is 4. The molecule has 0 aliphatic carbocycles. The Morgan fingerprint density at radius 2 is 1.96 bits per heavy atom. The SMILES string of the molecule is CCOc1ccc(N2CCN(C(=O)Nc3cc(C)on3)CC2)cc1. The molecule has 1 N–H and O–H groups in total. The number of carbonyl (C=O) groups is 1. The number of benzene rings is 1. The molecule has 2 amide bonds. The van der Waals surface area contributed by atoms with Gasteiger partial charge < -0.3 is 19.1 Å². The number of hydrogen-bond donors (Lipinski definition) is 1. The van der Waals surface area contributed by atoms with Crippen LogP contribution in [-0.2, 0) is 0 Å². The first kappa shape index (κ1) is 16.2. The van der Waals surface area contributed by atoms with Gasteiger partial charge in [0.2, 0.25) is 0 Å². The monoisotopic (exact) mass is 330 g/mol. The second-order valence-corrected chi connectivity index (χ2v) is 5.65. The lowest BCUT2D eigenvalue weighted by Crippen LogP contribution is -2.50. The van der Waals surface area contributed by atoms with Crippen molar-refractivity contribution in [2.75, 3.05) is 43.0 Å². The first-order valence-corrected chi connectivity index (χ1v) is 8.13. The number of amides is 2. The summed E-state index contributed by atoms with van der Waals surface area (Å²) in [7, 11) is 0. The van der Waals surface area contributed by atoms with Crippen LogP contribution in [0.3, 0.4) is 0 Å². The lowest BCUT2D eigenvalue weighted by molar-refractivity contribution is 0.208. The summed E-state index contributed by atoms with van der Waals surface area (Å²) in [6.07, 6.45) is 0. The van der Waals surface area contributed by atoms with Gasteiger partial charge in [-0.05, 0) is 38.1 Å². The molecular formula is C17H22N4O3. The Balaban J connectivity index is 1.52. The molecule has 0 bridgehead atoms. The average molecular weight is 330 g/mol. The fraction of sp³-hybridized carbons (Fsp3) is 0.412. The van der Waals surface area contributed by atoms with E-state index < -0.39 is 0 Å². The Hall–Kier alpha value is -2.70. The number of hydrogen-bond acceptors (Lipinski definition) is 5. The highest BCUT2D eigenvalue weighted by atomic mass is 16.5. The molecule has 7 heteroatoms. The summed E-state index contributed by atoms with van der Waals surface area (Å²) in [6, 6.07) is 9.62. The zero-order valence-electron chi connectivity index (χ0n) is 14.0. The van der Waals surface area contributed by atoms with Crippen LogP contribution in [0.15, 0.2) is 34.9 Å². The molecule has 0 unspecified atom stereocenters. The highest BCUT2D eigenvalue weighted by Gasteiger charge is 2.22. The maximum Gasteiger partial charge on any atom is 0.323 e. The van der Waals surface area contributed by atoms with Crippen molar-refractivity contribution in [2.24, 2.45) is 0 Å². The Morgan fingerprint density at radius 1 is 1.25 bits per heavy atom. The normalized spacial score (nSPS) is 14.6. The quantitative estimate of drug-likeness (QED) is 0.933. The largest absolute Gasteiger partial charge is 0.494 e. The summed E-state index contributed by atoms with van der Waals surface area (Å²) < 4.78 is 10.4. The predicted octanol–water partition coefficient (Wildman–Crippen LogP) is 2.74. The number of aromatic nitrogens is 1. The van der Waals surface area contributed by atoms with Crippen LogP contribution >= 0.6 is 0 Å². The van der Waals surface area contributed by atoms with Gasteiger partial charge in [0.1, 0.15) is 11.5 Å². The van der Waals surface area contributed by atoms with Gasteiger partial charge in [-0.3, -0.25) is 5.32 Å². The predicted molar refractivity (Wildman–Crippen MR) is 91.7 cm³/mol. The molecule has 128 valence electrons. The van der Waals surface area contributed by atoms with E-state index in [0.29, 0.717) is 31.3 Å². The molecule has 0 spiro atoms. The molecule has 3 rings (SSSR count). The molecule has 1 saturated heterocycles. The molecule has 0 atom stereocenters. The zero-order valence-corrected chi connectivity index (χ0v) is 14.0. The van der Waals surface area contributed by atoms with Crippen LogP contribution in [0, 0.1) is 6.92 Å². The first-order chi connectivity index (χ1) is 11.7. The van der Waals surface area contributed by atoms with Crippen molar-refractivity contribution in [1.29, 1.82) is 0 Å². The van der Waals surface area contributed by atoms with Gasteiger partial charge in [-0.15, -0.1) is 0 Å². The molecule has 1 aromatic carbocycles. The van der Waals surface area contributed by atoms with Crippen LogP contribution in [0.2, 0.25) is 0 Å². The van der Waals surface area contributed by atoms with Gasteiger partial charge in [-0.2, -0.15) is 0 Å². The Kier molecular flexibility index (Phi) is 4.88. The van der Waals surface area contributed by atoms with Gasteiger partial charge in [0.15, 0.2) is 5.82 Å². The molecule has 1 fully saturated rings. The minimum atomic E-state index is -0.144. The van der Waals surface area contributed by atoms with E-state index in [1.54, 1.807) is 17.9 Å². The number of piperazine rings is 1. The first-order valence-electron chi connectivity index (χ1n) is 8.13. The third-order valence-electron chi connectivity index (χ3n) is 3.94. The Morgan fingerprint density at radius 3 is 2.54 bits per heavy atom. The molecule has 1 aliphatic rings. The Bertz CT molecular complexity index is 675. The van der Waals surface area contributed by atoms with Crippen molar-refractivity contribution in [3.63, 3.8) is 0 Å².